The van der Waals surface area contributed by atoms with Crippen molar-refractivity contribution in [3.05, 3.63) is 34.9 Å². The van der Waals surface area contributed by atoms with Crippen molar-refractivity contribution in [2.45, 2.75) is 19.3 Å². The van der Waals surface area contributed by atoms with Gasteiger partial charge in [0, 0.05) is 0 Å². The Balaban J connectivity index is 2.58. The highest BCUT2D eigenvalue weighted by Crippen LogP contribution is 2.16. The second-order valence-electron chi connectivity index (χ2n) is 2.51. The normalized spacial score (nSPS) is 10.1. The summed E-state index contributed by atoms with van der Waals surface area (Å²) in [4.78, 5) is 9.65. The summed E-state index contributed by atoms with van der Waals surface area (Å²) in [6.45, 7) is 3.68. The molecule has 0 N–H and O–H groups in total. The summed E-state index contributed by atoms with van der Waals surface area (Å²) in [5, 5.41) is 10.2. The van der Waals surface area contributed by atoms with Gasteiger partial charge in [-0.05, 0) is 18.4 Å². The van der Waals surface area contributed by atoms with Crippen LogP contribution in [-0.4, -0.2) is 4.92 Å². The molecular weight excluding hydrogens is 158 g/mol. The van der Waals surface area contributed by atoms with E-state index in [1.807, 2.05) is 0 Å². The van der Waals surface area contributed by atoms with Crippen LogP contribution in [0.1, 0.15) is 18.4 Å². The van der Waals surface area contributed by atoms with E-state index in [0.29, 0.717) is 0 Å². The second kappa shape index (κ2) is 3.90. The van der Waals surface area contributed by atoms with Gasteiger partial charge in [0.15, 0.2) is 0 Å². The minimum Gasteiger partial charge on any atom is -0.409 e. The van der Waals surface area contributed by atoms with E-state index in [1.165, 1.54) is 12.3 Å². The Morgan fingerprint density at radius 3 is 2.92 bits per heavy atom. The van der Waals surface area contributed by atoms with Gasteiger partial charge in [-0.25, -0.2) is 0 Å². The van der Waals surface area contributed by atoms with Crippen molar-refractivity contribution in [2.75, 3.05) is 0 Å². The monoisotopic (exact) mass is 168 g/mol. The molecule has 0 amide bonds. The third-order valence-electron chi connectivity index (χ3n) is 1.54. The lowest BCUT2D eigenvalue weighted by Crippen LogP contribution is -1.83. The Bertz CT molecular complexity index is 267. The van der Waals surface area contributed by atoms with Gasteiger partial charge in [-0.2, -0.15) is 0 Å². The van der Waals surface area contributed by atoms with Gasteiger partial charge in [0.25, 0.3) is 0 Å². The summed E-state index contributed by atoms with van der Waals surface area (Å²) in [7, 11) is 0. The van der Waals surface area contributed by atoms with Crippen LogP contribution in [0.25, 0.3) is 0 Å². The van der Waals surface area contributed by atoms with Gasteiger partial charge in [-0.3, -0.25) is 10.1 Å². The molecule has 0 spiro atoms. The Hall–Kier alpha value is -1.32. The van der Waals surface area contributed by atoms with Crippen molar-refractivity contribution in [1.82, 2.24) is 0 Å². The quantitative estimate of drug-likeness (QED) is 0.512. The molecule has 0 aliphatic rings. The summed E-state index contributed by atoms with van der Waals surface area (Å²) < 4.78 is 4.70. The summed E-state index contributed by atoms with van der Waals surface area (Å²) in [6, 6.07) is 1.45. The van der Waals surface area contributed by atoms with E-state index in [2.05, 4.69) is 6.92 Å². The number of unbranched alkanes of at least 4 members (excludes halogenated alkanes) is 1. The predicted molar refractivity (Wildman–Crippen MR) is 43.7 cm³/mol. The van der Waals surface area contributed by atoms with Crippen LogP contribution in [0.15, 0.2) is 16.7 Å². The highest BCUT2D eigenvalue weighted by molar-refractivity contribution is 5.22. The molecule has 0 fully saturated rings. The van der Waals surface area contributed by atoms with Crippen molar-refractivity contribution < 1.29 is 9.34 Å². The van der Waals surface area contributed by atoms with Crippen LogP contribution in [0, 0.1) is 17.0 Å². The minimum atomic E-state index is -0.534. The average Bonchev–Trinajstić information content (AvgIpc) is 2.48. The van der Waals surface area contributed by atoms with E-state index < -0.39 is 4.92 Å². The van der Waals surface area contributed by atoms with E-state index in [-0.39, 0.29) is 5.88 Å². The van der Waals surface area contributed by atoms with Crippen LogP contribution >= 0.6 is 0 Å². The molecule has 0 saturated heterocycles. The lowest BCUT2D eigenvalue weighted by molar-refractivity contribution is -0.402. The molecule has 0 atom stereocenters. The summed E-state index contributed by atoms with van der Waals surface area (Å²) in [5.74, 6) is -0.186. The van der Waals surface area contributed by atoms with Gasteiger partial charge < -0.3 is 4.42 Å². The highest BCUT2D eigenvalue weighted by atomic mass is 16.6. The summed E-state index contributed by atoms with van der Waals surface area (Å²) in [6.07, 6.45) is 3.98. The molecule has 1 aromatic rings. The average molecular weight is 168 g/mol. The predicted octanol–water partition coefficient (Wildman–Crippen LogP) is 2.34. The third kappa shape index (κ3) is 2.08. The van der Waals surface area contributed by atoms with E-state index >= 15 is 0 Å². The number of rotatable bonds is 4. The van der Waals surface area contributed by atoms with E-state index in [0.717, 1.165) is 24.8 Å². The Kier molecular flexibility index (Phi) is 2.85. The molecule has 65 valence electrons. The lowest BCUT2D eigenvalue weighted by Gasteiger charge is -1.89. The number of hydrogen-bond acceptors (Lipinski definition) is 3. The molecule has 0 aliphatic heterocycles. The fraction of sp³-hybridized carbons (Fsp3) is 0.375. The first-order chi connectivity index (χ1) is 5.74. The van der Waals surface area contributed by atoms with Crippen molar-refractivity contribution in [3.8, 4) is 0 Å². The van der Waals surface area contributed by atoms with E-state index in [1.54, 1.807) is 0 Å². The molecular formula is C8H10NO3. The van der Waals surface area contributed by atoms with Gasteiger partial charge in [0.2, 0.25) is 0 Å². The molecule has 0 unspecified atom stereocenters. The van der Waals surface area contributed by atoms with E-state index in [9.17, 15) is 10.1 Å². The maximum atomic E-state index is 10.2. The number of nitro groups is 1. The zero-order chi connectivity index (χ0) is 8.97. The number of furan rings is 1. The van der Waals surface area contributed by atoms with Gasteiger partial charge >= 0.3 is 5.88 Å². The van der Waals surface area contributed by atoms with Gasteiger partial charge in [-0.1, -0.05) is 13.3 Å². The van der Waals surface area contributed by atoms with Crippen molar-refractivity contribution in [3.63, 3.8) is 0 Å². The standard InChI is InChI=1S/C8H10NO3/c1-2-3-4-7-5-8(9(10)11)12-6-7/h5-6H,1-4H2. The van der Waals surface area contributed by atoms with Gasteiger partial charge in [0.1, 0.15) is 11.2 Å². The smallest absolute Gasteiger partial charge is 0.409 e. The number of nitrogens with zero attached hydrogens (tertiary/aromatic N) is 1. The van der Waals surface area contributed by atoms with Crippen LogP contribution in [0.2, 0.25) is 0 Å². The molecule has 0 aromatic carbocycles. The van der Waals surface area contributed by atoms with Crippen LogP contribution in [0.4, 0.5) is 5.88 Å². The lowest BCUT2D eigenvalue weighted by atomic mass is 10.1. The molecule has 1 rings (SSSR count). The zero-order valence-corrected chi connectivity index (χ0v) is 6.66. The first-order valence-electron chi connectivity index (χ1n) is 3.75. The minimum absolute atomic E-state index is 0.186. The Labute approximate surface area is 70.3 Å². The fourth-order valence-electron chi connectivity index (χ4n) is 0.919. The van der Waals surface area contributed by atoms with Crippen LogP contribution in [0.3, 0.4) is 0 Å². The van der Waals surface area contributed by atoms with Gasteiger partial charge in [-0.15, -0.1) is 0 Å². The van der Waals surface area contributed by atoms with E-state index in [4.69, 9.17) is 4.42 Å². The fourth-order valence-corrected chi connectivity index (χ4v) is 0.919. The maximum absolute atomic E-state index is 10.2. The Morgan fingerprint density at radius 2 is 2.42 bits per heavy atom. The topological polar surface area (TPSA) is 56.3 Å². The van der Waals surface area contributed by atoms with Crippen LogP contribution in [-0.2, 0) is 6.42 Å². The van der Waals surface area contributed by atoms with Crippen LogP contribution < -0.4 is 0 Å². The molecule has 1 heterocycles. The number of aryl methyl sites for hydroxylation is 1. The first-order valence-corrected chi connectivity index (χ1v) is 3.75. The zero-order valence-electron chi connectivity index (χ0n) is 6.66. The Morgan fingerprint density at radius 1 is 1.67 bits per heavy atom. The molecule has 12 heavy (non-hydrogen) atoms. The summed E-state index contributed by atoms with van der Waals surface area (Å²) >= 11 is 0. The summed E-state index contributed by atoms with van der Waals surface area (Å²) in [5.41, 5.74) is 0.866. The first kappa shape index (κ1) is 8.77. The molecule has 4 nitrogen and oxygen atoms in total. The highest BCUT2D eigenvalue weighted by Gasteiger charge is 2.10. The molecule has 1 aromatic heterocycles. The second-order valence-corrected chi connectivity index (χ2v) is 2.51. The molecule has 0 aliphatic carbocycles. The molecule has 0 bridgehead atoms. The van der Waals surface area contributed by atoms with Crippen molar-refractivity contribution >= 4 is 5.88 Å². The van der Waals surface area contributed by atoms with Gasteiger partial charge in [0.05, 0.1) is 6.07 Å². The molecule has 1 radical (unpaired) electrons. The third-order valence-corrected chi connectivity index (χ3v) is 1.54. The molecule has 0 saturated carbocycles. The maximum Gasteiger partial charge on any atom is 0.433 e. The van der Waals surface area contributed by atoms with Crippen molar-refractivity contribution in [1.29, 1.82) is 0 Å². The van der Waals surface area contributed by atoms with Crippen molar-refractivity contribution in [2.24, 2.45) is 0 Å². The largest absolute Gasteiger partial charge is 0.433 e. The number of hydrogen-bond donors (Lipinski definition) is 0. The SMILES string of the molecule is [CH2]CCCc1coc([N+](=O)[O-])c1. The van der Waals surface area contributed by atoms with Crippen LogP contribution in [0.5, 0.6) is 0 Å². The molecule has 4 heteroatoms.